The summed E-state index contributed by atoms with van der Waals surface area (Å²) < 4.78 is 0. The van der Waals surface area contributed by atoms with Crippen molar-refractivity contribution in [1.29, 1.82) is 0 Å². The third-order valence-electron chi connectivity index (χ3n) is 6.49. The van der Waals surface area contributed by atoms with Crippen LogP contribution in [0, 0.1) is 16.2 Å². The SMILES string of the molecule is CC1(C)C2(C(=O)O)CCC1(C)C1(C2)NC(=O)NC1=O. The largest absolute Gasteiger partial charge is 0.481 e. The molecule has 0 radical (unpaired) electrons. The van der Waals surface area contributed by atoms with Crippen LogP contribution in [0.5, 0.6) is 0 Å². The van der Waals surface area contributed by atoms with Crippen molar-refractivity contribution in [3.05, 3.63) is 0 Å². The van der Waals surface area contributed by atoms with E-state index in [9.17, 15) is 19.5 Å². The zero-order valence-corrected chi connectivity index (χ0v) is 11.3. The molecule has 1 aliphatic heterocycles. The first-order valence-electron chi connectivity index (χ1n) is 6.50. The number of aliphatic carboxylic acids is 1. The lowest BCUT2D eigenvalue weighted by atomic mass is 9.62. The Bertz CT molecular complexity index is 529. The molecule has 19 heavy (non-hydrogen) atoms. The minimum absolute atomic E-state index is 0.177. The average Bonchev–Trinajstić information content (AvgIpc) is 2.73. The molecule has 0 aromatic heterocycles. The standard InChI is InChI=1S/C13H18N2O4/c1-10(2)11(3)4-5-12(10,8(17)18)6-13(11)7(16)14-9(19)15-13/h4-6H2,1-3H3,(H,17,18)(H2,14,15,16,19). The van der Waals surface area contributed by atoms with E-state index >= 15 is 0 Å². The number of urea groups is 1. The van der Waals surface area contributed by atoms with E-state index in [-0.39, 0.29) is 12.3 Å². The fourth-order valence-corrected chi connectivity index (χ4v) is 4.77. The number of hydrogen-bond acceptors (Lipinski definition) is 3. The predicted molar refractivity (Wildman–Crippen MR) is 65.2 cm³/mol. The van der Waals surface area contributed by atoms with Crippen molar-refractivity contribution >= 4 is 17.9 Å². The second-order valence-corrected chi connectivity index (χ2v) is 6.83. The number of nitrogens with one attached hydrogen (secondary N) is 2. The van der Waals surface area contributed by atoms with Gasteiger partial charge in [0.2, 0.25) is 0 Å². The van der Waals surface area contributed by atoms with Crippen molar-refractivity contribution in [1.82, 2.24) is 10.6 Å². The van der Waals surface area contributed by atoms with Crippen LogP contribution in [-0.2, 0) is 9.59 Å². The second-order valence-electron chi connectivity index (χ2n) is 6.83. The zero-order chi connectivity index (χ0) is 14.3. The van der Waals surface area contributed by atoms with Gasteiger partial charge in [-0.15, -0.1) is 0 Å². The summed E-state index contributed by atoms with van der Waals surface area (Å²) in [5, 5.41) is 14.7. The second kappa shape index (κ2) is 2.94. The Morgan fingerprint density at radius 1 is 1.21 bits per heavy atom. The molecule has 1 heterocycles. The normalized spacial score (nSPS) is 46.5. The molecule has 2 bridgehead atoms. The van der Waals surface area contributed by atoms with Crippen LogP contribution < -0.4 is 10.6 Å². The molecule has 1 spiro atoms. The van der Waals surface area contributed by atoms with E-state index in [2.05, 4.69) is 10.6 Å². The Morgan fingerprint density at radius 2 is 1.84 bits per heavy atom. The molecule has 3 aliphatic rings. The topological polar surface area (TPSA) is 95.5 Å². The Balaban J connectivity index is 2.22. The van der Waals surface area contributed by atoms with Crippen LogP contribution in [0.2, 0.25) is 0 Å². The number of amides is 3. The van der Waals surface area contributed by atoms with Gasteiger partial charge in [-0.2, -0.15) is 0 Å². The number of hydrogen-bond donors (Lipinski definition) is 3. The summed E-state index contributed by atoms with van der Waals surface area (Å²) >= 11 is 0. The first-order chi connectivity index (χ1) is 8.63. The van der Waals surface area contributed by atoms with Crippen LogP contribution in [0.3, 0.4) is 0 Å². The molecule has 1 saturated heterocycles. The monoisotopic (exact) mass is 266 g/mol. The maximum absolute atomic E-state index is 12.3. The lowest BCUT2D eigenvalue weighted by Gasteiger charge is -2.44. The number of imide groups is 1. The molecule has 3 unspecified atom stereocenters. The van der Waals surface area contributed by atoms with Gasteiger partial charge in [0, 0.05) is 5.41 Å². The Hall–Kier alpha value is -1.59. The molecule has 3 fully saturated rings. The highest BCUT2D eigenvalue weighted by Crippen LogP contribution is 2.76. The molecular weight excluding hydrogens is 248 g/mol. The Morgan fingerprint density at radius 3 is 2.26 bits per heavy atom. The number of carboxylic acids is 1. The van der Waals surface area contributed by atoms with Crippen molar-refractivity contribution in [3.8, 4) is 0 Å². The van der Waals surface area contributed by atoms with E-state index in [1.165, 1.54) is 0 Å². The first kappa shape index (κ1) is 12.4. The zero-order valence-electron chi connectivity index (χ0n) is 11.3. The quantitative estimate of drug-likeness (QED) is 0.613. The molecule has 3 rings (SSSR count). The van der Waals surface area contributed by atoms with Gasteiger partial charge in [-0.05, 0) is 24.7 Å². The van der Waals surface area contributed by atoms with Gasteiger partial charge in [0.1, 0.15) is 5.54 Å². The summed E-state index contributed by atoms with van der Waals surface area (Å²) in [7, 11) is 0. The molecule has 6 heteroatoms. The van der Waals surface area contributed by atoms with Crippen molar-refractivity contribution in [2.75, 3.05) is 0 Å². The Labute approximate surface area is 110 Å². The first-order valence-corrected chi connectivity index (χ1v) is 6.50. The molecule has 6 nitrogen and oxygen atoms in total. The van der Waals surface area contributed by atoms with Gasteiger partial charge in [-0.25, -0.2) is 4.79 Å². The van der Waals surface area contributed by atoms with Crippen LogP contribution in [0.25, 0.3) is 0 Å². The molecule has 104 valence electrons. The van der Waals surface area contributed by atoms with Crippen LogP contribution in [0.4, 0.5) is 4.79 Å². The van der Waals surface area contributed by atoms with Gasteiger partial charge in [0.05, 0.1) is 5.41 Å². The number of carbonyl (C=O) groups excluding carboxylic acids is 2. The van der Waals surface area contributed by atoms with Crippen LogP contribution in [0.1, 0.15) is 40.0 Å². The van der Waals surface area contributed by atoms with Gasteiger partial charge in [0.25, 0.3) is 5.91 Å². The van der Waals surface area contributed by atoms with Crippen molar-refractivity contribution < 1.29 is 19.5 Å². The summed E-state index contributed by atoms with van der Waals surface area (Å²) in [5.74, 6) is -1.25. The van der Waals surface area contributed by atoms with Gasteiger partial charge in [-0.3, -0.25) is 14.9 Å². The van der Waals surface area contributed by atoms with E-state index < -0.39 is 33.8 Å². The van der Waals surface area contributed by atoms with Crippen LogP contribution in [-0.4, -0.2) is 28.6 Å². The average molecular weight is 266 g/mol. The summed E-state index contributed by atoms with van der Waals surface area (Å²) in [6, 6.07) is -0.518. The van der Waals surface area contributed by atoms with Crippen LogP contribution >= 0.6 is 0 Å². The summed E-state index contributed by atoms with van der Waals surface area (Å²) in [5.41, 5.74) is -3.13. The fourth-order valence-electron chi connectivity index (χ4n) is 4.77. The predicted octanol–water partition coefficient (Wildman–Crippen LogP) is 0.866. The fraction of sp³-hybridized carbons (Fsp3) is 0.769. The minimum atomic E-state index is -1.08. The van der Waals surface area contributed by atoms with Gasteiger partial charge in [-0.1, -0.05) is 20.8 Å². The molecule has 3 N–H and O–H groups in total. The minimum Gasteiger partial charge on any atom is -0.481 e. The number of carbonyl (C=O) groups is 3. The highest BCUT2D eigenvalue weighted by Gasteiger charge is 2.81. The third-order valence-corrected chi connectivity index (χ3v) is 6.49. The molecule has 3 amide bonds. The van der Waals surface area contributed by atoms with E-state index in [4.69, 9.17) is 0 Å². The summed E-state index contributed by atoms with van der Waals surface area (Å²) in [4.78, 5) is 35.6. The highest BCUT2D eigenvalue weighted by atomic mass is 16.4. The van der Waals surface area contributed by atoms with Crippen molar-refractivity contribution in [2.24, 2.45) is 16.2 Å². The molecular formula is C13H18N2O4. The molecule has 2 aliphatic carbocycles. The van der Waals surface area contributed by atoms with E-state index in [0.29, 0.717) is 12.8 Å². The smallest absolute Gasteiger partial charge is 0.322 e. The van der Waals surface area contributed by atoms with Gasteiger partial charge >= 0.3 is 12.0 Å². The van der Waals surface area contributed by atoms with Crippen molar-refractivity contribution in [2.45, 2.75) is 45.6 Å². The summed E-state index contributed by atoms with van der Waals surface area (Å²) in [6.45, 7) is 5.73. The van der Waals surface area contributed by atoms with Gasteiger partial charge < -0.3 is 10.4 Å². The molecule has 2 saturated carbocycles. The Kier molecular flexibility index (Phi) is 1.93. The van der Waals surface area contributed by atoms with Gasteiger partial charge in [0.15, 0.2) is 0 Å². The van der Waals surface area contributed by atoms with E-state index in [1.807, 2.05) is 20.8 Å². The lowest BCUT2D eigenvalue weighted by Crippen LogP contribution is -2.58. The third kappa shape index (κ3) is 0.965. The maximum Gasteiger partial charge on any atom is 0.322 e. The number of rotatable bonds is 1. The van der Waals surface area contributed by atoms with Crippen molar-refractivity contribution in [3.63, 3.8) is 0 Å². The highest BCUT2D eigenvalue weighted by molar-refractivity contribution is 6.08. The van der Waals surface area contributed by atoms with E-state index in [1.54, 1.807) is 0 Å². The molecule has 0 aromatic rings. The maximum atomic E-state index is 12.3. The summed E-state index contributed by atoms with van der Waals surface area (Å²) in [6.07, 6.45) is 1.35. The molecule has 0 aromatic carbocycles. The molecule has 3 atom stereocenters. The number of fused-ring (bicyclic) bond motifs is 3. The number of carboxylic acid groups (broad SMARTS) is 1. The lowest BCUT2D eigenvalue weighted by molar-refractivity contribution is -0.154. The van der Waals surface area contributed by atoms with E-state index in [0.717, 1.165) is 0 Å². The van der Waals surface area contributed by atoms with Crippen LogP contribution in [0.15, 0.2) is 0 Å².